The Morgan fingerprint density at radius 3 is 2.44 bits per heavy atom. The van der Waals surface area contributed by atoms with Gasteiger partial charge in [-0.3, -0.25) is 9.98 Å². The van der Waals surface area contributed by atoms with E-state index in [9.17, 15) is 0 Å². The third-order valence-corrected chi connectivity index (χ3v) is 4.46. The molecule has 0 saturated heterocycles. The van der Waals surface area contributed by atoms with Gasteiger partial charge in [0, 0.05) is 43.9 Å². The normalized spacial score (nSPS) is 12.1. The Morgan fingerprint density at radius 1 is 1.08 bits per heavy atom. The fraction of sp³-hybridized carbons (Fsp3) is 0.429. The Balaban J connectivity index is 1.84. The Labute approximate surface area is 151 Å². The van der Waals surface area contributed by atoms with Gasteiger partial charge in [0.1, 0.15) is 0 Å². The van der Waals surface area contributed by atoms with Crippen LogP contribution < -0.4 is 10.6 Å². The van der Waals surface area contributed by atoms with Gasteiger partial charge >= 0.3 is 0 Å². The Bertz CT molecular complexity index is 660. The van der Waals surface area contributed by atoms with Crippen LogP contribution in [0.4, 0.5) is 0 Å². The molecule has 25 heavy (non-hydrogen) atoms. The second-order valence-electron chi connectivity index (χ2n) is 6.86. The van der Waals surface area contributed by atoms with Crippen LogP contribution >= 0.6 is 0 Å². The van der Waals surface area contributed by atoms with Crippen molar-refractivity contribution in [1.82, 2.24) is 15.6 Å². The summed E-state index contributed by atoms with van der Waals surface area (Å²) in [6.45, 7) is 8.32. The van der Waals surface area contributed by atoms with Gasteiger partial charge in [-0.1, -0.05) is 51.1 Å². The molecule has 1 aromatic carbocycles. The second kappa shape index (κ2) is 9.21. The molecule has 1 heterocycles. The molecule has 4 heteroatoms. The van der Waals surface area contributed by atoms with Crippen molar-refractivity contribution in [3.05, 3.63) is 65.5 Å². The van der Waals surface area contributed by atoms with Crippen LogP contribution in [-0.4, -0.2) is 31.1 Å². The van der Waals surface area contributed by atoms with Crippen LogP contribution in [0, 0.1) is 0 Å². The maximum atomic E-state index is 4.34. The molecule has 0 saturated carbocycles. The lowest BCUT2D eigenvalue weighted by atomic mass is 9.84. The van der Waals surface area contributed by atoms with Crippen LogP contribution in [0.15, 0.2) is 53.7 Å². The average molecular weight is 338 g/mol. The van der Waals surface area contributed by atoms with Crippen molar-refractivity contribution < 1.29 is 0 Å². The standard InChI is InChI=1S/C21H30N4/c1-5-17-9-11-18(12-10-17)21(2,3)16-25-20(22-4)24-15-13-19-8-6-7-14-23-19/h6-12,14H,5,13,15-16H2,1-4H3,(H2,22,24,25). The van der Waals surface area contributed by atoms with E-state index in [1.165, 1.54) is 11.1 Å². The van der Waals surface area contributed by atoms with Crippen molar-refractivity contribution in [2.24, 2.45) is 4.99 Å². The minimum atomic E-state index is 0.0326. The SMILES string of the molecule is CCc1ccc(C(C)(C)CNC(=NC)NCCc2ccccn2)cc1. The van der Waals surface area contributed by atoms with E-state index in [0.717, 1.165) is 37.6 Å². The summed E-state index contributed by atoms with van der Waals surface area (Å²) in [6.07, 6.45) is 3.78. The van der Waals surface area contributed by atoms with Crippen LogP contribution in [0.1, 0.15) is 37.6 Å². The molecule has 0 aliphatic carbocycles. The molecule has 1 aromatic heterocycles. The molecule has 0 fully saturated rings. The van der Waals surface area contributed by atoms with E-state index in [0.29, 0.717) is 0 Å². The van der Waals surface area contributed by atoms with Crippen LogP contribution in [0.5, 0.6) is 0 Å². The van der Waals surface area contributed by atoms with Gasteiger partial charge < -0.3 is 10.6 Å². The van der Waals surface area contributed by atoms with E-state index in [1.54, 1.807) is 7.05 Å². The highest BCUT2D eigenvalue weighted by atomic mass is 15.2. The third kappa shape index (κ3) is 5.89. The number of benzene rings is 1. The maximum Gasteiger partial charge on any atom is 0.191 e. The molecule has 2 N–H and O–H groups in total. The summed E-state index contributed by atoms with van der Waals surface area (Å²) in [5.74, 6) is 0.828. The molecule has 0 amide bonds. The predicted octanol–water partition coefficient (Wildman–Crippen LogP) is 3.33. The van der Waals surface area contributed by atoms with Gasteiger partial charge in [0.05, 0.1) is 0 Å². The predicted molar refractivity (Wildman–Crippen MR) is 106 cm³/mol. The first-order valence-corrected chi connectivity index (χ1v) is 8.99. The molecule has 4 nitrogen and oxygen atoms in total. The summed E-state index contributed by atoms with van der Waals surface area (Å²) in [7, 11) is 1.80. The van der Waals surface area contributed by atoms with Gasteiger partial charge in [-0.2, -0.15) is 0 Å². The molecule has 0 unspecified atom stereocenters. The van der Waals surface area contributed by atoms with Crippen molar-refractivity contribution in [3.63, 3.8) is 0 Å². The summed E-state index contributed by atoms with van der Waals surface area (Å²) >= 11 is 0. The lowest BCUT2D eigenvalue weighted by Gasteiger charge is -2.27. The lowest BCUT2D eigenvalue weighted by molar-refractivity contribution is 0.508. The van der Waals surface area contributed by atoms with Gasteiger partial charge in [-0.25, -0.2) is 0 Å². The van der Waals surface area contributed by atoms with Crippen molar-refractivity contribution in [1.29, 1.82) is 0 Å². The van der Waals surface area contributed by atoms with Gasteiger partial charge in [-0.15, -0.1) is 0 Å². The van der Waals surface area contributed by atoms with Crippen LogP contribution in [0.3, 0.4) is 0 Å². The number of aryl methyl sites for hydroxylation is 1. The zero-order valence-electron chi connectivity index (χ0n) is 15.8. The first-order valence-electron chi connectivity index (χ1n) is 8.99. The number of aromatic nitrogens is 1. The smallest absolute Gasteiger partial charge is 0.191 e. The minimum absolute atomic E-state index is 0.0326. The van der Waals surface area contributed by atoms with Crippen molar-refractivity contribution in [3.8, 4) is 0 Å². The fourth-order valence-electron chi connectivity index (χ4n) is 2.67. The molecular formula is C21H30N4. The van der Waals surface area contributed by atoms with E-state index in [-0.39, 0.29) is 5.41 Å². The largest absolute Gasteiger partial charge is 0.356 e. The molecule has 2 rings (SSSR count). The molecule has 0 spiro atoms. The van der Waals surface area contributed by atoms with E-state index in [1.807, 2.05) is 24.4 Å². The number of nitrogens with one attached hydrogen (secondary N) is 2. The highest BCUT2D eigenvalue weighted by Gasteiger charge is 2.20. The number of hydrogen-bond donors (Lipinski definition) is 2. The molecule has 0 radical (unpaired) electrons. The summed E-state index contributed by atoms with van der Waals surface area (Å²) in [4.78, 5) is 8.66. The minimum Gasteiger partial charge on any atom is -0.356 e. The topological polar surface area (TPSA) is 49.3 Å². The van der Waals surface area contributed by atoms with Gasteiger partial charge in [0.15, 0.2) is 5.96 Å². The van der Waals surface area contributed by atoms with Crippen LogP contribution in [0.2, 0.25) is 0 Å². The van der Waals surface area contributed by atoms with E-state index in [2.05, 4.69) is 65.6 Å². The Hall–Kier alpha value is -2.36. The third-order valence-electron chi connectivity index (χ3n) is 4.46. The number of guanidine groups is 1. The van der Waals surface area contributed by atoms with Crippen LogP contribution in [0.25, 0.3) is 0 Å². The van der Waals surface area contributed by atoms with Crippen molar-refractivity contribution >= 4 is 5.96 Å². The first kappa shape index (κ1) is 19.0. The molecule has 0 bridgehead atoms. The number of rotatable bonds is 7. The number of pyridine rings is 1. The zero-order chi connectivity index (χ0) is 18.1. The number of hydrogen-bond acceptors (Lipinski definition) is 2. The summed E-state index contributed by atoms with van der Waals surface area (Å²) in [5.41, 5.74) is 3.83. The quantitative estimate of drug-likeness (QED) is 0.601. The molecule has 0 aliphatic rings. The summed E-state index contributed by atoms with van der Waals surface area (Å²) in [5, 5.41) is 6.80. The van der Waals surface area contributed by atoms with E-state index < -0.39 is 0 Å². The summed E-state index contributed by atoms with van der Waals surface area (Å²) < 4.78 is 0. The monoisotopic (exact) mass is 338 g/mol. The van der Waals surface area contributed by atoms with E-state index in [4.69, 9.17) is 0 Å². The highest BCUT2D eigenvalue weighted by molar-refractivity contribution is 5.79. The second-order valence-corrected chi connectivity index (χ2v) is 6.86. The molecule has 2 aromatic rings. The number of aliphatic imine (C=N–C) groups is 1. The molecule has 134 valence electrons. The van der Waals surface area contributed by atoms with Gasteiger partial charge in [-0.05, 0) is 29.7 Å². The maximum absolute atomic E-state index is 4.34. The molecule has 0 atom stereocenters. The van der Waals surface area contributed by atoms with Crippen molar-refractivity contribution in [2.45, 2.75) is 39.0 Å². The number of nitrogens with zero attached hydrogens (tertiary/aromatic N) is 2. The van der Waals surface area contributed by atoms with Gasteiger partial charge in [0.25, 0.3) is 0 Å². The van der Waals surface area contributed by atoms with Crippen molar-refractivity contribution in [2.75, 3.05) is 20.1 Å². The lowest BCUT2D eigenvalue weighted by Crippen LogP contribution is -2.44. The van der Waals surface area contributed by atoms with Crippen LogP contribution in [-0.2, 0) is 18.3 Å². The molecule has 0 aliphatic heterocycles. The fourth-order valence-corrected chi connectivity index (χ4v) is 2.67. The highest BCUT2D eigenvalue weighted by Crippen LogP contribution is 2.22. The Morgan fingerprint density at radius 2 is 1.84 bits per heavy atom. The average Bonchev–Trinajstić information content (AvgIpc) is 2.65. The van der Waals surface area contributed by atoms with E-state index >= 15 is 0 Å². The Kier molecular flexibility index (Phi) is 6.99. The summed E-state index contributed by atoms with van der Waals surface area (Å²) in [6, 6.07) is 14.9. The molecular weight excluding hydrogens is 308 g/mol. The van der Waals surface area contributed by atoms with Gasteiger partial charge in [0.2, 0.25) is 0 Å². The first-order chi connectivity index (χ1) is 12.0. The zero-order valence-corrected chi connectivity index (χ0v) is 15.8.